The molecule has 1 N–H and O–H groups in total. The van der Waals surface area contributed by atoms with E-state index in [1.165, 1.54) is 24.1 Å². The smallest absolute Gasteiger partial charge is 0.0638 e. The molecular weight excluding hydrogens is 186 g/mol. The molecule has 15 heavy (non-hydrogen) atoms. The van der Waals surface area contributed by atoms with Gasteiger partial charge in [0.15, 0.2) is 0 Å². The van der Waals surface area contributed by atoms with Crippen LogP contribution in [0.3, 0.4) is 0 Å². The van der Waals surface area contributed by atoms with Crippen LogP contribution in [0.1, 0.15) is 25.8 Å². The standard InChI is InChI=1S/C13H21NO/c1-3-5-12-6-8-13(9-7-12)14-10-11-15-4-2/h6-9,14H,3-5,10-11H2,1-2H3. The summed E-state index contributed by atoms with van der Waals surface area (Å²) in [5.74, 6) is 0. The molecule has 0 atom stereocenters. The fraction of sp³-hybridized carbons (Fsp3) is 0.538. The zero-order valence-electron chi connectivity index (χ0n) is 9.75. The van der Waals surface area contributed by atoms with Crippen LogP contribution in [0, 0.1) is 0 Å². The minimum atomic E-state index is 0.771. The van der Waals surface area contributed by atoms with Gasteiger partial charge in [0.25, 0.3) is 0 Å². The van der Waals surface area contributed by atoms with Crippen molar-refractivity contribution < 1.29 is 4.74 Å². The highest BCUT2D eigenvalue weighted by Crippen LogP contribution is 2.10. The Kier molecular flexibility index (Phi) is 5.86. The van der Waals surface area contributed by atoms with Crippen LogP contribution in [0.4, 0.5) is 5.69 Å². The molecule has 0 spiro atoms. The zero-order chi connectivity index (χ0) is 10.9. The lowest BCUT2D eigenvalue weighted by atomic mass is 10.1. The van der Waals surface area contributed by atoms with Gasteiger partial charge in [-0.3, -0.25) is 0 Å². The monoisotopic (exact) mass is 207 g/mol. The van der Waals surface area contributed by atoms with Gasteiger partial charge >= 0.3 is 0 Å². The Morgan fingerprint density at radius 3 is 2.47 bits per heavy atom. The van der Waals surface area contributed by atoms with Crippen molar-refractivity contribution >= 4 is 5.69 Å². The molecule has 0 aliphatic heterocycles. The highest BCUT2D eigenvalue weighted by Gasteiger charge is 1.93. The van der Waals surface area contributed by atoms with Gasteiger partial charge in [0.1, 0.15) is 0 Å². The van der Waals surface area contributed by atoms with Gasteiger partial charge in [-0.05, 0) is 31.0 Å². The summed E-state index contributed by atoms with van der Waals surface area (Å²) < 4.78 is 5.26. The molecule has 0 radical (unpaired) electrons. The third kappa shape index (κ3) is 4.84. The van der Waals surface area contributed by atoms with Crippen LogP contribution >= 0.6 is 0 Å². The van der Waals surface area contributed by atoms with E-state index in [0.29, 0.717) is 0 Å². The van der Waals surface area contributed by atoms with E-state index >= 15 is 0 Å². The molecule has 0 saturated heterocycles. The number of nitrogens with one attached hydrogen (secondary N) is 1. The van der Waals surface area contributed by atoms with Gasteiger partial charge in [0, 0.05) is 18.8 Å². The summed E-state index contributed by atoms with van der Waals surface area (Å²) in [4.78, 5) is 0. The second-order valence-corrected chi connectivity index (χ2v) is 3.57. The molecule has 1 aromatic rings. The van der Waals surface area contributed by atoms with Crippen LogP contribution in [0.5, 0.6) is 0 Å². The number of anilines is 1. The fourth-order valence-corrected chi connectivity index (χ4v) is 1.49. The van der Waals surface area contributed by atoms with E-state index in [0.717, 1.165) is 19.8 Å². The van der Waals surface area contributed by atoms with Crippen LogP contribution in [-0.4, -0.2) is 19.8 Å². The number of rotatable bonds is 7. The lowest BCUT2D eigenvalue weighted by Gasteiger charge is -2.07. The average Bonchev–Trinajstić information content (AvgIpc) is 2.27. The van der Waals surface area contributed by atoms with Crippen molar-refractivity contribution in [1.82, 2.24) is 0 Å². The van der Waals surface area contributed by atoms with Gasteiger partial charge < -0.3 is 10.1 Å². The molecule has 0 bridgehead atoms. The van der Waals surface area contributed by atoms with Crippen molar-refractivity contribution in [3.8, 4) is 0 Å². The van der Waals surface area contributed by atoms with Crippen molar-refractivity contribution in [3.05, 3.63) is 29.8 Å². The first kappa shape index (κ1) is 12.1. The summed E-state index contributed by atoms with van der Waals surface area (Å²) in [6.07, 6.45) is 2.37. The van der Waals surface area contributed by atoms with Crippen LogP contribution in [0.15, 0.2) is 24.3 Å². The summed E-state index contributed by atoms with van der Waals surface area (Å²) in [6.45, 7) is 6.65. The van der Waals surface area contributed by atoms with Crippen LogP contribution in [-0.2, 0) is 11.2 Å². The van der Waals surface area contributed by atoms with Crippen molar-refractivity contribution in [2.45, 2.75) is 26.7 Å². The summed E-state index contributed by atoms with van der Waals surface area (Å²) >= 11 is 0. The van der Waals surface area contributed by atoms with Crippen molar-refractivity contribution in [3.63, 3.8) is 0 Å². The van der Waals surface area contributed by atoms with Gasteiger partial charge in [0.2, 0.25) is 0 Å². The SMILES string of the molecule is CCCc1ccc(NCCOCC)cc1. The molecular formula is C13H21NO. The third-order valence-corrected chi connectivity index (χ3v) is 2.27. The molecule has 0 saturated carbocycles. The van der Waals surface area contributed by atoms with Crippen LogP contribution < -0.4 is 5.32 Å². The molecule has 84 valence electrons. The first-order chi connectivity index (χ1) is 7.36. The Morgan fingerprint density at radius 2 is 1.87 bits per heavy atom. The van der Waals surface area contributed by atoms with Crippen molar-refractivity contribution in [2.24, 2.45) is 0 Å². The average molecular weight is 207 g/mol. The third-order valence-electron chi connectivity index (χ3n) is 2.27. The lowest BCUT2D eigenvalue weighted by molar-refractivity contribution is 0.158. The Balaban J connectivity index is 2.29. The van der Waals surface area contributed by atoms with E-state index in [9.17, 15) is 0 Å². The molecule has 0 fully saturated rings. The molecule has 0 aliphatic rings. The van der Waals surface area contributed by atoms with E-state index in [4.69, 9.17) is 4.74 Å². The Hall–Kier alpha value is -1.02. The maximum Gasteiger partial charge on any atom is 0.0638 e. The van der Waals surface area contributed by atoms with Gasteiger partial charge in [-0.15, -0.1) is 0 Å². The minimum Gasteiger partial charge on any atom is -0.383 e. The molecule has 0 unspecified atom stereocenters. The predicted octanol–water partition coefficient (Wildman–Crippen LogP) is 3.09. The Morgan fingerprint density at radius 1 is 1.13 bits per heavy atom. The number of ether oxygens (including phenoxy) is 1. The highest BCUT2D eigenvalue weighted by molar-refractivity contribution is 5.44. The Labute approximate surface area is 92.6 Å². The van der Waals surface area contributed by atoms with Gasteiger partial charge in [-0.1, -0.05) is 25.5 Å². The van der Waals surface area contributed by atoms with Gasteiger partial charge in [-0.25, -0.2) is 0 Å². The zero-order valence-corrected chi connectivity index (χ0v) is 9.75. The van der Waals surface area contributed by atoms with Gasteiger partial charge in [0.05, 0.1) is 6.61 Å². The minimum absolute atomic E-state index is 0.771. The number of hydrogen-bond donors (Lipinski definition) is 1. The maximum atomic E-state index is 5.26. The van der Waals surface area contributed by atoms with E-state index in [1.54, 1.807) is 0 Å². The molecule has 2 nitrogen and oxygen atoms in total. The largest absolute Gasteiger partial charge is 0.383 e. The number of hydrogen-bond acceptors (Lipinski definition) is 2. The van der Waals surface area contributed by atoms with E-state index in [-0.39, 0.29) is 0 Å². The molecule has 0 aromatic heterocycles. The number of aryl methyl sites for hydroxylation is 1. The molecule has 1 aromatic carbocycles. The molecule has 1 rings (SSSR count). The topological polar surface area (TPSA) is 21.3 Å². The summed E-state index contributed by atoms with van der Waals surface area (Å²) in [5, 5.41) is 3.32. The van der Waals surface area contributed by atoms with Gasteiger partial charge in [-0.2, -0.15) is 0 Å². The van der Waals surface area contributed by atoms with Crippen LogP contribution in [0.2, 0.25) is 0 Å². The van der Waals surface area contributed by atoms with E-state index < -0.39 is 0 Å². The maximum absolute atomic E-state index is 5.26. The lowest BCUT2D eigenvalue weighted by Crippen LogP contribution is -2.08. The Bertz CT molecular complexity index is 256. The first-order valence-corrected chi connectivity index (χ1v) is 5.77. The van der Waals surface area contributed by atoms with E-state index in [1.807, 2.05) is 6.92 Å². The molecule has 0 aliphatic carbocycles. The fourth-order valence-electron chi connectivity index (χ4n) is 1.49. The second-order valence-electron chi connectivity index (χ2n) is 3.57. The van der Waals surface area contributed by atoms with Crippen molar-refractivity contribution in [1.29, 1.82) is 0 Å². The molecule has 2 heteroatoms. The summed E-state index contributed by atoms with van der Waals surface area (Å²) in [5.41, 5.74) is 2.59. The first-order valence-electron chi connectivity index (χ1n) is 5.77. The predicted molar refractivity (Wildman–Crippen MR) is 65.4 cm³/mol. The normalized spacial score (nSPS) is 10.3. The molecule has 0 amide bonds. The number of benzene rings is 1. The van der Waals surface area contributed by atoms with E-state index in [2.05, 4.69) is 36.5 Å². The summed E-state index contributed by atoms with van der Waals surface area (Å²) in [6, 6.07) is 8.65. The molecule has 0 heterocycles. The second kappa shape index (κ2) is 7.30. The van der Waals surface area contributed by atoms with Crippen LogP contribution in [0.25, 0.3) is 0 Å². The quantitative estimate of drug-likeness (QED) is 0.694. The van der Waals surface area contributed by atoms with Crippen molar-refractivity contribution in [2.75, 3.05) is 25.1 Å². The highest BCUT2D eigenvalue weighted by atomic mass is 16.5. The summed E-state index contributed by atoms with van der Waals surface area (Å²) in [7, 11) is 0.